The number of carbonyl (C=O) groups excluding carboxylic acids is 3. The number of esters is 1. The van der Waals surface area contributed by atoms with Gasteiger partial charge in [-0.2, -0.15) is 10.9 Å². The number of aromatic amines is 1. The van der Waals surface area contributed by atoms with Crippen molar-refractivity contribution in [3.8, 4) is 5.75 Å². The first-order valence-electron chi connectivity index (χ1n) is 12.1. The summed E-state index contributed by atoms with van der Waals surface area (Å²) in [4.78, 5) is 50.0. The number of hydrogen-bond donors (Lipinski definition) is 4. The topological polar surface area (TPSA) is 144 Å². The molecule has 0 saturated carbocycles. The van der Waals surface area contributed by atoms with Crippen molar-refractivity contribution >= 4 is 50.9 Å². The van der Waals surface area contributed by atoms with E-state index in [-0.39, 0.29) is 17.4 Å². The molecule has 1 atom stereocenters. The number of ether oxygens (including phenoxy) is 3. The third kappa shape index (κ3) is 6.94. The Balaban J connectivity index is 1.73. The molecule has 0 saturated heterocycles. The molecule has 38 heavy (non-hydrogen) atoms. The van der Waals surface area contributed by atoms with Crippen LogP contribution in [0.15, 0.2) is 39.9 Å². The van der Waals surface area contributed by atoms with Crippen LogP contribution in [0.5, 0.6) is 5.75 Å². The number of aromatic nitrogens is 2. The number of hydrogen-bond acceptors (Lipinski definition) is 8. The Morgan fingerprint density at radius 1 is 1.16 bits per heavy atom. The number of H-pyrrole nitrogens is 1. The predicted molar refractivity (Wildman–Crippen MR) is 150 cm³/mol. The summed E-state index contributed by atoms with van der Waals surface area (Å²) in [7, 11) is 1.78. The minimum absolute atomic E-state index is 0.227. The Bertz CT molecular complexity index is 1320. The molecule has 12 heteroatoms. The first-order valence-corrected chi connectivity index (χ1v) is 13.6. The van der Waals surface area contributed by atoms with Gasteiger partial charge in [-0.1, -0.05) is 19.1 Å². The Kier molecular flexibility index (Phi) is 9.21. The van der Waals surface area contributed by atoms with E-state index in [0.29, 0.717) is 40.4 Å². The Morgan fingerprint density at radius 3 is 2.53 bits per heavy atom. The number of amides is 2. The Labute approximate surface area is 224 Å². The first kappa shape index (κ1) is 28.8. The number of allylic oxidation sites excluding steroid dienone is 1. The average Bonchev–Trinajstić information content (AvgIpc) is 3.41. The molecule has 1 aliphatic heterocycles. The van der Waals surface area contributed by atoms with Crippen molar-refractivity contribution in [2.75, 3.05) is 31.8 Å². The van der Waals surface area contributed by atoms with Gasteiger partial charge in [0.15, 0.2) is 0 Å². The molecule has 11 nitrogen and oxygen atoms in total. The lowest BCUT2D eigenvalue weighted by Crippen LogP contribution is -2.32. The van der Waals surface area contributed by atoms with E-state index in [9.17, 15) is 14.4 Å². The maximum absolute atomic E-state index is 13.4. The van der Waals surface area contributed by atoms with Crippen molar-refractivity contribution in [1.82, 2.24) is 15.3 Å². The number of aliphatic imine (C=N–C) groups is 1. The van der Waals surface area contributed by atoms with Crippen LogP contribution in [0.3, 0.4) is 0 Å². The zero-order valence-corrected chi connectivity index (χ0v) is 23.6. The van der Waals surface area contributed by atoms with Crippen LogP contribution in [0, 0.1) is 0 Å². The number of benzene rings is 1. The van der Waals surface area contributed by atoms with Crippen molar-refractivity contribution in [2.45, 2.75) is 46.6 Å². The lowest BCUT2D eigenvalue weighted by Gasteiger charge is -2.19. The maximum Gasteiger partial charge on any atom is 0.407 e. The molecule has 2 aromatic rings. The van der Waals surface area contributed by atoms with Gasteiger partial charge in [-0.05, 0) is 46.2 Å². The second-order valence-electron chi connectivity index (χ2n) is 9.38. The van der Waals surface area contributed by atoms with Crippen LogP contribution < -0.4 is 15.4 Å². The van der Waals surface area contributed by atoms with Crippen LogP contribution in [0.25, 0.3) is 11.0 Å². The summed E-state index contributed by atoms with van der Waals surface area (Å²) in [6, 6.07) is 3.12. The molecule has 2 amide bonds. The van der Waals surface area contributed by atoms with Gasteiger partial charge in [-0.3, -0.25) is 15.1 Å². The predicted octanol–water partition coefficient (Wildman–Crippen LogP) is 4.43. The van der Waals surface area contributed by atoms with Crippen LogP contribution >= 0.6 is 10.9 Å². The summed E-state index contributed by atoms with van der Waals surface area (Å²) in [5, 5.41) is 6.44. The number of nitrogens with zero attached hydrogens (tertiary/aromatic N) is 2. The number of anilines is 1. The number of methoxy groups -OCH3 is 2. The van der Waals surface area contributed by atoms with E-state index >= 15 is 0 Å². The van der Waals surface area contributed by atoms with E-state index in [1.54, 1.807) is 32.9 Å². The fourth-order valence-corrected chi connectivity index (χ4v) is 5.97. The van der Waals surface area contributed by atoms with Crippen molar-refractivity contribution in [3.05, 3.63) is 40.5 Å². The smallest absolute Gasteiger partial charge is 0.407 e. The summed E-state index contributed by atoms with van der Waals surface area (Å²) in [6.07, 6.45) is 3.90. The molecule has 3 rings (SSSR count). The molecule has 206 valence electrons. The molecule has 0 spiro atoms. The lowest BCUT2D eigenvalue weighted by molar-refractivity contribution is -0.112. The number of carbonyl (C=O) groups is 3. The molecule has 1 aromatic heterocycles. The molecule has 0 fully saturated rings. The second kappa shape index (κ2) is 12.2. The van der Waals surface area contributed by atoms with Gasteiger partial charge in [-0.15, -0.1) is 0 Å². The number of fused-ring (bicyclic) bond motifs is 1. The van der Waals surface area contributed by atoms with E-state index in [2.05, 4.69) is 25.6 Å². The summed E-state index contributed by atoms with van der Waals surface area (Å²) in [5.41, 5.74) is 1.46. The van der Waals surface area contributed by atoms with Crippen LogP contribution in [-0.2, 0) is 14.3 Å². The monoisotopic (exact) mass is 545 g/mol. The molecule has 1 aliphatic rings. The maximum atomic E-state index is 13.4. The largest absolute Gasteiger partial charge is 0.494 e. The number of nitrogens with one attached hydrogen (secondary N) is 3. The van der Waals surface area contributed by atoms with Gasteiger partial charge >= 0.3 is 12.1 Å². The van der Waals surface area contributed by atoms with E-state index in [1.165, 1.54) is 14.2 Å². The fraction of sp³-hybridized carbons (Fsp3) is 0.423. The minimum atomic E-state index is -0.994. The van der Waals surface area contributed by atoms with Gasteiger partial charge in [0.05, 0.1) is 40.9 Å². The van der Waals surface area contributed by atoms with Crippen LogP contribution in [0.2, 0.25) is 0 Å². The van der Waals surface area contributed by atoms with Crippen LogP contribution in [0.1, 0.15) is 51.4 Å². The van der Waals surface area contributed by atoms with Gasteiger partial charge < -0.3 is 24.5 Å². The highest BCUT2D eigenvalue weighted by molar-refractivity contribution is 8.34. The van der Waals surface area contributed by atoms with E-state index < -0.39 is 28.6 Å². The van der Waals surface area contributed by atoms with Gasteiger partial charge in [-0.25, -0.2) is 14.6 Å². The molecule has 3 N–H and O–H groups in total. The number of rotatable bonds is 9. The van der Waals surface area contributed by atoms with Crippen molar-refractivity contribution < 1.29 is 28.6 Å². The number of imidazole rings is 1. The summed E-state index contributed by atoms with van der Waals surface area (Å²) < 4.78 is 15.4. The second-order valence-corrected chi connectivity index (χ2v) is 11.7. The van der Waals surface area contributed by atoms with Gasteiger partial charge in [0.25, 0.3) is 5.91 Å². The quantitative estimate of drug-likeness (QED) is 0.207. The van der Waals surface area contributed by atoms with Crippen molar-refractivity contribution in [2.24, 2.45) is 4.99 Å². The molecular weight excluding hydrogens is 510 g/mol. The molecular formula is C26H35N5O6S. The van der Waals surface area contributed by atoms with Gasteiger partial charge in [0.2, 0.25) is 5.95 Å². The zero-order valence-electron chi connectivity index (χ0n) is 22.7. The summed E-state index contributed by atoms with van der Waals surface area (Å²) in [6.45, 7) is 9.61. The Morgan fingerprint density at radius 2 is 1.89 bits per heavy atom. The standard InChI is InChI=1S/C26H35N5O6S/c1-8-17-21(38(15(2)28-17)12-10-9-11-27-25(34)37-26(3,4)5)22(32)31-24-29-18-13-16(23(33)36-7)14-19(35-6)20(18)30-24/h9-10,13-14,38H,8,11-12H2,1-7H3,(H,27,34)(H2,29,30,31,32)/b10-9+. The average molecular weight is 546 g/mol. The number of thiol groups is 1. The highest BCUT2D eigenvalue weighted by atomic mass is 32.2. The van der Waals surface area contributed by atoms with Crippen LogP contribution in [0.4, 0.5) is 10.7 Å². The molecule has 1 aromatic carbocycles. The van der Waals surface area contributed by atoms with Crippen LogP contribution in [-0.4, -0.2) is 65.1 Å². The summed E-state index contributed by atoms with van der Waals surface area (Å²) >= 11 is 0. The molecule has 0 radical (unpaired) electrons. The van der Waals surface area contributed by atoms with Crippen molar-refractivity contribution in [3.63, 3.8) is 0 Å². The number of alkyl carbamates (subject to hydrolysis) is 1. The first-order chi connectivity index (χ1) is 18.0. The normalized spacial score (nSPS) is 16.5. The van der Waals surface area contributed by atoms with E-state index in [1.807, 2.05) is 26.0 Å². The van der Waals surface area contributed by atoms with Gasteiger partial charge in [0.1, 0.15) is 16.9 Å². The third-order valence-electron chi connectivity index (χ3n) is 5.43. The molecule has 1 unspecified atom stereocenters. The fourth-order valence-electron chi connectivity index (χ4n) is 3.77. The van der Waals surface area contributed by atoms with E-state index in [0.717, 1.165) is 10.7 Å². The third-order valence-corrected chi connectivity index (χ3v) is 7.89. The van der Waals surface area contributed by atoms with E-state index in [4.69, 9.17) is 14.2 Å². The molecule has 2 heterocycles. The summed E-state index contributed by atoms with van der Waals surface area (Å²) in [5.74, 6) is 0.417. The van der Waals surface area contributed by atoms with Crippen molar-refractivity contribution in [1.29, 1.82) is 0 Å². The minimum Gasteiger partial charge on any atom is -0.494 e. The Hall–Kier alpha value is -3.80. The molecule has 0 bridgehead atoms. The highest BCUT2D eigenvalue weighted by Gasteiger charge is 2.29. The lowest BCUT2D eigenvalue weighted by atomic mass is 10.2. The molecule has 0 aliphatic carbocycles. The zero-order chi connectivity index (χ0) is 28.0. The highest BCUT2D eigenvalue weighted by Crippen LogP contribution is 2.46. The SMILES string of the molecule is CCC1=C(C(=O)Nc2nc3cc(C(=O)OC)cc(OC)c3[nH]2)[SH](C/C=C/CNC(=O)OC(C)(C)C)C(C)=N1. The van der Waals surface area contributed by atoms with Gasteiger partial charge in [0, 0.05) is 12.3 Å².